The molecule has 1 N–H and O–H groups in total. The molecule has 8 atom stereocenters. The van der Waals surface area contributed by atoms with E-state index in [0.717, 1.165) is 65.7 Å². The van der Waals surface area contributed by atoms with E-state index in [2.05, 4.69) is 28.0 Å². The zero-order chi connectivity index (χ0) is 29.6. The van der Waals surface area contributed by atoms with Crippen molar-refractivity contribution in [1.29, 1.82) is 0 Å². The summed E-state index contributed by atoms with van der Waals surface area (Å²) >= 11 is 0. The fourth-order valence-electron chi connectivity index (χ4n) is 11.1. The molecule has 0 bridgehead atoms. The van der Waals surface area contributed by atoms with Gasteiger partial charge in [-0.1, -0.05) is 19.1 Å². The molecule has 10 rings (SSSR count). The zero-order valence-corrected chi connectivity index (χ0v) is 24.6. The first kappa shape index (κ1) is 25.3. The van der Waals surface area contributed by atoms with Gasteiger partial charge in [0.15, 0.2) is 0 Å². The second-order valence-electron chi connectivity index (χ2n) is 14.4. The van der Waals surface area contributed by atoms with Crippen LogP contribution in [0.2, 0.25) is 0 Å². The standard InChI is InChI=1S/C34H34N6O4/c1-16-27-21-12-22-29(21)30(27)34(16,22)33(44)38-9-7-18(8-10-38)39-15-17(13-36-39)11-23-19-3-2-4-20-28(19)25(14-35-23)40(32(20)43)24-5-6-26(41)37-31(24)42/h2-4,13-16,18,21-22,24,27,29-30H,5-12H2,1H3,(H,37,41,42)/t16?,21-,22?,24?,27?,29?,30?,34?/m0/s1. The molecule has 0 spiro atoms. The Morgan fingerprint density at radius 3 is 2.68 bits per heavy atom. The van der Waals surface area contributed by atoms with Crippen molar-refractivity contribution in [2.75, 3.05) is 18.0 Å². The lowest BCUT2D eigenvalue weighted by Crippen LogP contribution is -2.92. The molecule has 10 nitrogen and oxygen atoms in total. The van der Waals surface area contributed by atoms with Crippen molar-refractivity contribution in [2.45, 2.75) is 57.5 Å². The van der Waals surface area contributed by atoms with E-state index in [4.69, 9.17) is 10.1 Å². The minimum atomic E-state index is -0.730. The van der Waals surface area contributed by atoms with Crippen LogP contribution < -0.4 is 10.2 Å². The van der Waals surface area contributed by atoms with Crippen LogP contribution >= 0.6 is 0 Å². The van der Waals surface area contributed by atoms with Crippen molar-refractivity contribution < 1.29 is 19.2 Å². The quantitative estimate of drug-likeness (QED) is 0.457. The molecule has 3 aliphatic heterocycles. The highest BCUT2D eigenvalue weighted by molar-refractivity contribution is 6.27. The van der Waals surface area contributed by atoms with Gasteiger partial charge in [-0.3, -0.25) is 39.1 Å². The molecular weight excluding hydrogens is 556 g/mol. The summed E-state index contributed by atoms with van der Waals surface area (Å²) in [6.45, 7) is 3.95. The third kappa shape index (κ3) is 2.84. The number of amides is 4. The fourth-order valence-corrected chi connectivity index (χ4v) is 11.1. The summed E-state index contributed by atoms with van der Waals surface area (Å²) in [5, 5.41) is 8.79. The highest BCUT2D eigenvalue weighted by Gasteiger charge is 2.91. The van der Waals surface area contributed by atoms with Crippen LogP contribution in [0.3, 0.4) is 0 Å². The Hall–Kier alpha value is -4.08. The normalized spacial score (nSPS) is 36.3. The fraction of sp³-hybridized carbons (Fsp3) is 0.529. The van der Waals surface area contributed by atoms with Crippen molar-refractivity contribution >= 4 is 40.1 Å². The molecule has 4 saturated carbocycles. The summed E-state index contributed by atoms with van der Waals surface area (Å²) in [6.07, 6.45) is 9.89. The Bertz CT molecular complexity index is 1820. The van der Waals surface area contributed by atoms with Gasteiger partial charge >= 0.3 is 0 Å². The highest BCUT2D eigenvalue weighted by atomic mass is 16.2. The summed E-state index contributed by atoms with van der Waals surface area (Å²) in [7, 11) is 0. The minimum absolute atomic E-state index is 0.00799. The molecule has 2 aromatic heterocycles. The second kappa shape index (κ2) is 8.34. The number of hydrogen-bond acceptors (Lipinski definition) is 6. The summed E-state index contributed by atoms with van der Waals surface area (Å²) in [4.78, 5) is 60.1. The van der Waals surface area contributed by atoms with E-state index >= 15 is 0 Å². The Morgan fingerprint density at radius 1 is 1.09 bits per heavy atom. The van der Waals surface area contributed by atoms with Crippen molar-refractivity contribution in [2.24, 2.45) is 40.9 Å². The Balaban J connectivity index is 0.853. The number of hydrogen-bond donors (Lipinski definition) is 1. The van der Waals surface area contributed by atoms with Gasteiger partial charge in [0.1, 0.15) is 6.04 Å². The first-order valence-corrected chi connectivity index (χ1v) is 16.3. The number of carbonyl (C=O) groups excluding carboxylic acids is 4. The van der Waals surface area contributed by atoms with Crippen LogP contribution in [-0.4, -0.2) is 62.4 Å². The lowest BCUT2D eigenvalue weighted by molar-refractivity contribution is -0.442. The maximum Gasteiger partial charge on any atom is 0.259 e. The number of benzene rings is 1. The van der Waals surface area contributed by atoms with Gasteiger partial charge in [-0.2, -0.15) is 5.10 Å². The van der Waals surface area contributed by atoms with E-state index in [1.807, 2.05) is 18.3 Å². The number of aromatic nitrogens is 3. The van der Waals surface area contributed by atoms with Crippen LogP contribution in [0.25, 0.3) is 10.8 Å². The maximum absolute atomic E-state index is 13.8. The van der Waals surface area contributed by atoms with Gasteiger partial charge in [0.05, 0.1) is 35.2 Å². The molecule has 2 saturated heterocycles. The topological polar surface area (TPSA) is 118 Å². The minimum Gasteiger partial charge on any atom is -0.342 e. The number of pyridine rings is 1. The van der Waals surface area contributed by atoms with Crippen LogP contribution in [0.5, 0.6) is 0 Å². The smallest absolute Gasteiger partial charge is 0.259 e. The lowest BCUT2D eigenvalue weighted by atomic mass is 9.11. The van der Waals surface area contributed by atoms with E-state index in [0.29, 0.717) is 47.8 Å². The van der Waals surface area contributed by atoms with Gasteiger partial charge in [-0.15, -0.1) is 0 Å². The van der Waals surface area contributed by atoms with Crippen molar-refractivity contribution in [3.8, 4) is 0 Å². The van der Waals surface area contributed by atoms with Crippen molar-refractivity contribution in [1.82, 2.24) is 25.0 Å². The van der Waals surface area contributed by atoms with Gasteiger partial charge in [0, 0.05) is 48.5 Å². The third-order valence-corrected chi connectivity index (χ3v) is 13.0. The van der Waals surface area contributed by atoms with E-state index < -0.39 is 11.9 Å². The molecule has 3 aromatic rings. The Morgan fingerprint density at radius 2 is 1.93 bits per heavy atom. The summed E-state index contributed by atoms with van der Waals surface area (Å²) in [5.74, 6) is 4.11. The second-order valence-corrected chi connectivity index (χ2v) is 14.4. The molecular formula is C34H34N6O4. The van der Waals surface area contributed by atoms with Gasteiger partial charge in [0.2, 0.25) is 17.7 Å². The van der Waals surface area contributed by atoms with E-state index in [9.17, 15) is 19.2 Å². The van der Waals surface area contributed by atoms with Crippen molar-refractivity contribution in [3.05, 3.63) is 53.6 Å². The van der Waals surface area contributed by atoms with E-state index in [-0.39, 0.29) is 29.7 Å². The predicted molar refractivity (Wildman–Crippen MR) is 158 cm³/mol. The predicted octanol–water partition coefficient (Wildman–Crippen LogP) is 3.10. The van der Waals surface area contributed by atoms with Gasteiger partial charge in [-0.25, -0.2) is 0 Å². The molecule has 7 unspecified atom stereocenters. The summed E-state index contributed by atoms with van der Waals surface area (Å²) in [6, 6.07) is 5.17. The molecule has 4 aliphatic carbocycles. The maximum atomic E-state index is 13.8. The number of rotatable bonds is 5. The number of carbonyl (C=O) groups is 4. The first-order chi connectivity index (χ1) is 21.4. The molecule has 7 aliphatic rings. The van der Waals surface area contributed by atoms with Gasteiger partial charge in [0.25, 0.3) is 5.91 Å². The molecule has 224 valence electrons. The molecule has 6 fully saturated rings. The van der Waals surface area contributed by atoms with E-state index in [1.165, 1.54) is 11.3 Å². The number of piperidine rings is 2. The first-order valence-electron chi connectivity index (χ1n) is 16.3. The number of imide groups is 1. The average molecular weight is 591 g/mol. The van der Waals surface area contributed by atoms with Crippen LogP contribution in [0, 0.1) is 40.9 Å². The van der Waals surface area contributed by atoms with Crippen LogP contribution in [0.4, 0.5) is 5.69 Å². The molecule has 4 amide bonds. The molecule has 5 heterocycles. The van der Waals surface area contributed by atoms with Gasteiger partial charge < -0.3 is 4.90 Å². The Kier molecular flexibility index (Phi) is 4.79. The molecule has 44 heavy (non-hydrogen) atoms. The van der Waals surface area contributed by atoms with Crippen LogP contribution in [-0.2, 0) is 20.8 Å². The highest BCUT2D eigenvalue weighted by Crippen LogP contribution is 2.92. The van der Waals surface area contributed by atoms with Crippen molar-refractivity contribution in [3.63, 3.8) is 0 Å². The average Bonchev–Trinajstić information content (AvgIpc) is 3.61. The number of fused-ring (bicyclic) bond motifs is 2. The Labute approximate surface area is 254 Å². The number of nitrogens with one attached hydrogen (secondary N) is 1. The molecule has 10 heteroatoms. The van der Waals surface area contributed by atoms with Crippen LogP contribution in [0.1, 0.15) is 66.7 Å². The number of likely N-dealkylation sites (tertiary alicyclic amines) is 1. The zero-order valence-electron chi connectivity index (χ0n) is 24.6. The third-order valence-electron chi connectivity index (χ3n) is 13.0. The van der Waals surface area contributed by atoms with Crippen LogP contribution in [0.15, 0.2) is 36.8 Å². The lowest BCUT2D eigenvalue weighted by Gasteiger charge is -2.92. The molecule has 0 radical (unpaired) electrons. The monoisotopic (exact) mass is 590 g/mol. The number of anilines is 1. The van der Waals surface area contributed by atoms with Gasteiger partial charge in [-0.05, 0) is 72.8 Å². The number of nitrogens with zero attached hydrogens (tertiary/aromatic N) is 5. The largest absolute Gasteiger partial charge is 0.342 e. The summed E-state index contributed by atoms with van der Waals surface area (Å²) < 4.78 is 2.06. The molecule has 1 aromatic carbocycles. The summed E-state index contributed by atoms with van der Waals surface area (Å²) in [5.41, 5.74) is 3.06. The SMILES string of the molecule is CC1C2C3C4C(C[C@@H]24)C13C(=O)N1CCC(n2cc(Cc3ncc4c5c(cccc35)C(=O)N4C3CCC(=O)NC3=O)cn2)CC1. The van der Waals surface area contributed by atoms with E-state index in [1.54, 1.807) is 12.3 Å².